The first-order valence-electron chi connectivity index (χ1n) is 4.14. The molecule has 1 amide bonds. The summed E-state index contributed by atoms with van der Waals surface area (Å²) in [4.78, 5) is 10.8. The predicted octanol–water partition coefficient (Wildman–Crippen LogP) is 1.15. The summed E-state index contributed by atoms with van der Waals surface area (Å²) < 4.78 is 13.0. The van der Waals surface area contributed by atoms with Crippen LogP contribution in [0.25, 0.3) is 0 Å². The fraction of sp³-hybridized carbons (Fsp3) is 0.300. The molecule has 3 nitrogen and oxygen atoms in total. The highest BCUT2D eigenvalue weighted by Gasteiger charge is 2.18. The zero-order valence-electron chi connectivity index (χ0n) is 8.04. The lowest BCUT2D eigenvalue weighted by atomic mass is 9.96. The quantitative estimate of drug-likeness (QED) is 0.747. The van der Waals surface area contributed by atoms with E-state index < -0.39 is 17.3 Å². The number of carbonyl (C=O) groups excluding carboxylic acids is 1. The monoisotopic (exact) mass is 197 g/mol. The molecule has 0 unspecified atom stereocenters. The molecule has 0 aliphatic carbocycles. The Bertz CT molecular complexity index is 369. The SMILES string of the molecule is CC(C)(O)c1ccc(F)c(C(N)=O)c1. The minimum Gasteiger partial charge on any atom is -0.386 e. The summed E-state index contributed by atoms with van der Waals surface area (Å²) in [6.07, 6.45) is 0. The van der Waals surface area contributed by atoms with Crippen molar-refractivity contribution in [2.45, 2.75) is 19.4 Å². The molecule has 0 atom stereocenters. The van der Waals surface area contributed by atoms with Crippen molar-refractivity contribution in [1.29, 1.82) is 0 Å². The van der Waals surface area contributed by atoms with Crippen LogP contribution in [0, 0.1) is 5.82 Å². The van der Waals surface area contributed by atoms with Crippen LogP contribution in [0.15, 0.2) is 18.2 Å². The number of primary amides is 1. The van der Waals surface area contributed by atoms with Gasteiger partial charge in [0.25, 0.3) is 5.91 Å². The van der Waals surface area contributed by atoms with E-state index in [1.807, 2.05) is 0 Å². The molecule has 0 fully saturated rings. The van der Waals surface area contributed by atoms with Gasteiger partial charge >= 0.3 is 0 Å². The standard InChI is InChI=1S/C10H12FNO2/c1-10(2,14)6-3-4-8(11)7(5-6)9(12)13/h3-5,14H,1-2H3,(H2,12,13). The second kappa shape index (κ2) is 3.38. The summed E-state index contributed by atoms with van der Waals surface area (Å²) in [5.41, 5.74) is 4.10. The number of rotatable bonds is 2. The van der Waals surface area contributed by atoms with Gasteiger partial charge in [-0.3, -0.25) is 4.79 Å². The minimum atomic E-state index is -1.11. The van der Waals surface area contributed by atoms with E-state index in [0.717, 1.165) is 6.07 Å². The Morgan fingerprint density at radius 1 is 1.50 bits per heavy atom. The molecule has 0 aliphatic rings. The molecule has 3 N–H and O–H groups in total. The Balaban J connectivity index is 3.27. The number of hydrogen-bond acceptors (Lipinski definition) is 2. The highest BCUT2D eigenvalue weighted by Crippen LogP contribution is 2.21. The molecule has 0 heterocycles. The Hall–Kier alpha value is -1.42. The fourth-order valence-corrected chi connectivity index (χ4v) is 1.09. The third-order valence-electron chi connectivity index (χ3n) is 1.94. The molecule has 0 aliphatic heterocycles. The number of aliphatic hydroxyl groups is 1. The van der Waals surface area contributed by atoms with Crippen LogP contribution in [0.4, 0.5) is 4.39 Å². The van der Waals surface area contributed by atoms with Crippen LogP contribution in [-0.2, 0) is 5.60 Å². The van der Waals surface area contributed by atoms with E-state index in [-0.39, 0.29) is 5.56 Å². The molecule has 1 aromatic carbocycles. The first-order valence-corrected chi connectivity index (χ1v) is 4.14. The lowest BCUT2D eigenvalue weighted by Gasteiger charge is -2.18. The van der Waals surface area contributed by atoms with Crippen molar-refractivity contribution < 1.29 is 14.3 Å². The highest BCUT2D eigenvalue weighted by molar-refractivity contribution is 5.93. The molecule has 0 saturated carbocycles. The number of nitrogens with two attached hydrogens (primary N) is 1. The first kappa shape index (κ1) is 10.7. The molecule has 4 heteroatoms. The van der Waals surface area contributed by atoms with Gasteiger partial charge in [0.2, 0.25) is 0 Å². The van der Waals surface area contributed by atoms with Crippen molar-refractivity contribution in [1.82, 2.24) is 0 Å². The maximum atomic E-state index is 13.0. The molecule has 76 valence electrons. The van der Waals surface area contributed by atoms with Gasteiger partial charge in [-0.05, 0) is 31.5 Å². The van der Waals surface area contributed by atoms with E-state index in [2.05, 4.69) is 0 Å². The molecule has 0 saturated heterocycles. The predicted molar refractivity (Wildman–Crippen MR) is 50.2 cm³/mol. The number of benzene rings is 1. The van der Waals surface area contributed by atoms with Crippen LogP contribution in [0.2, 0.25) is 0 Å². The van der Waals surface area contributed by atoms with Gasteiger partial charge in [-0.25, -0.2) is 4.39 Å². The number of hydrogen-bond donors (Lipinski definition) is 2. The van der Waals surface area contributed by atoms with Crippen molar-refractivity contribution in [3.05, 3.63) is 35.1 Å². The normalized spacial score (nSPS) is 11.4. The van der Waals surface area contributed by atoms with Crippen molar-refractivity contribution in [3.8, 4) is 0 Å². The van der Waals surface area contributed by atoms with Crippen LogP contribution in [0.3, 0.4) is 0 Å². The van der Waals surface area contributed by atoms with E-state index in [4.69, 9.17) is 5.73 Å². The Kier molecular flexibility index (Phi) is 2.57. The maximum absolute atomic E-state index is 13.0. The zero-order valence-corrected chi connectivity index (χ0v) is 8.04. The molecule has 0 spiro atoms. The van der Waals surface area contributed by atoms with E-state index in [1.54, 1.807) is 13.8 Å². The maximum Gasteiger partial charge on any atom is 0.251 e. The van der Waals surface area contributed by atoms with Crippen LogP contribution >= 0.6 is 0 Å². The summed E-state index contributed by atoms with van der Waals surface area (Å²) in [7, 11) is 0. The smallest absolute Gasteiger partial charge is 0.251 e. The Labute approximate surface area is 81.4 Å². The largest absolute Gasteiger partial charge is 0.386 e. The Morgan fingerprint density at radius 3 is 2.50 bits per heavy atom. The third-order valence-corrected chi connectivity index (χ3v) is 1.94. The summed E-state index contributed by atoms with van der Waals surface area (Å²) in [5.74, 6) is -1.51. The molecular formula is C10H12FNO2. The van der Waals surface area contributed by atoms with Gasteiger partial charge < -0.3 is 10.8 Å². The van der Waals surface area contributed by atoms with Gasteiger partial charge in [-0.2, -0.15) is 0 Å². The molecule has 0 radical (unpaired) electrons. The van der Waals surface area contributed by atoms with Gasteiger partial charge in [0.15, 0.2) is 0 Å². The second-order valence-electron chi connectivity index (χ2n) is 3.62. The van der Waals surface area contributed by atoms with Crippen molar-refractivity contribution in [2.75, 3.05) is 0 Å². The lowest BCUT2D eigenvalue weighted by molar-refractivity contribution is 0.0784. The van der Waals surface area contributed by atoms with Crippen LogP contribution in [-0.4, -0.2) is 11.0 Å². The van der Waals surface area contributed by atoms with E-state index in [9.17, 15) is 14.3 Å². The van der Waals surface area contributed by atoms with Crippen molar-refractivity contribution in [2.24, 2.45) is 5.73 Å². The van der Waals surface area contributed by atoms with Gasteiger partial charge in [0.05, 0.1) is 11.2 Å². The summed E-state index contributed by atoms with van der Waals surface area (Å²) >= 11 is 0. The second-order valence-corrected chi connectivity index (χ2v) is 3.62. The van der Waals surface area contributed by atoms with E-state index >= 15 is 0 Å². The first-order chi connectivity index (χ1) is 6.32. The number of carbonyl (C=O) groups is 1. The molecule has 0 bridgehead atoms. The van der Waals surface area contributed by atoms with Gasteiger partial charge in [-0.15, -0.1) is 0 Å². The fourth-order valence-electron chi connectivity index (χ4n) is 1.09. The van der Waals surface area contributed by atoms with Crippen LogP contribution in [0.5, 0.6) is 0 Å². The summed E-state index contributed by atoms with van der Waals surface area (Å²) in [6.45, 7) is 3.09. The summed E-state index contributed by atoms with van der Waals surface area (Å²) in [6, 6.07) is 3.80. The highest BCUT2D eigenvalue weighted by atomic mass is 19.1. The Morgan fingerprint density at radius 2 is 2.07 bits per heavy atom. The molecule has 1 aromatic rings. The van der Waals surface area contributed by atoms with E-state index in [1.165, 1.54) is 12.1 Å². The van der Waals surface area contributed by atoms with Gasteiger partial charge in [0.1, 0.15) is 5.82 Å². The zero-order chi connectivity index (χ0) is 10.9. The molecule has 14 heavy (non-hydrogen) atoms. The van der Waals surface area contributed by atoms with Gasteiger partial charge in [0, 0.05) is 0 Å². The average Bonchev–Trinajstić information content (AvgIpc) is 2.02. The topological polar surface area (TPSA) is 63.3 Å². The minimum absolute atomic E-state index is 0.204. The molecule has 0 aromatic heterocycles. The van der Waals surface area contributed by atoms with Gasteiger partial charge in [-0.1, -0.05) is 6.07 Å². The van der Waals surface area contributed by atoms with E-state index in [0.29, 0.717) is 5.56 Å². The molecular weight excluding hydrogens is 185 g/mol. The number of halogens is 1. The van der Waals surface area contributed by atoms with Crippen LogP contribution in [0.1, 0.15) is 29.8 Å². The lowest BCUT2D eigenvalue weighted by Crippen LogP contribution is -2.19. The molecule has 1 rings (SSSR count). The number of amides is 1. The average molecular weight is 197 g/mol. The summed E-state index contributed by atoms with van der Waals surface area (Å²) in [5, 5.41) is 9.61. The van der Waals surface area contributed by atoms with Crippen molar-refractivity contribution in [3.63, 3.8) is 0 Å². The van der Waals surface area contributed by atoms with Crippen molar-refractivity contribution >= 4 is 5.91 Å². The third kappa shape index (κ3) is 2.09. The van der Waals surface area contributed by atoms with Crippen LogP contribution < -0.4 is 5.73 Å².